The normalized spacial score (nSPS) is 25.6. The minimum Gasteiger partial charge on any atom is -0.461 e. The van der Waals surface area contributed by atoms with E-state index in [1.165, 1.54) is 0 Å². The second-order valence-electron chi connectivity index (χ2n) is 7.32. The Balaban J connectivity index is 1.62. The zero-order valence-electron chi connectivity index (χ0n) is 14.7. The molecule has 0 bridgehead atoms. The van der Waals surface area contributed by atoms with E-state index in [0.29, 0.717) is 13.1 Å². The summed E-state index contributed by atoms with van der Waals surface area (Å²) < 4.78 is 5.25. The van der Waals surface area contributed by atoms with Crippen molar-refractivity contribution < 1.29 is 14.3 Å². The van der Waals surface area contributed by atoms with Gasteiger partial charge in [0.05, 0.1) is 5.41 Å². The molecular weight excluding hydrogens is 304 g/mol. The number of amides is 1. The van der Waals surface area contributed by atoms with Crippen molar-refractivity contribution in [2.24, 2.45) is 0 Å². The number of cyclic esters (lactones) is 1. The van der Waals surface area contributed by atoms with E-state index in [1.54, 1.807) is 0 Å². The molecule has 0 N–H and O–H groups in total. The summed E-state index contributed by atoms with van der Waals surface area (Å²) in [5.74, 6) is 0.0302. The maximum Gasteiger partial charge on any atom is 0.323 e. The van der Waals surface area contributed by atoms with Gasteiger partial charge in [0.15, 0.2) is 0 Å². The third-order valence-corrected chi connectivity index (χ3v) is 5.22. The number of piperazine rings is 1. The molecule has 3 rings (SSSR count). The average Bonchev–Trinajstić information content (AvgIpc) is 2.93. The van der Waals surface area contributed by atoms with Crippen molar-refractivity contribution in [3.05, 3.63) is 35.9 Å². The molecule has 2 aliphatic heterocycles. The van der Waals surface area contributed by atoms with E-state index in [1.807, 2.05) is 56.0 Å². The van der Waals surface area contributed by atoms with Crippen LogP contribution in [-0.4, -0.2) is 60.0 Å². The smallest absolute Gasteiger partial charge is 0.323 e. The number of hydrogen-bond donors (Lipinski definition) is 0. The van der Waals surface area contributed by atoms with E-state index < -0.39 is 5.41 Å². The molecule has 0 aromatic heterocycles. The Morgan fingerprint density at radius 2 is 1.75 bits per heavy atom. The summed E-state index contributed by atoms with van der Waals surface area (Å²) in [4.78, 5) is 29.0. The molecule has 2 aliphatic rings. The molecule has 1 aromatic carbocycles. The maximum atomic E-state index is 13.0. The van der Waals surface area contributed by atoms with Crippen molar-refractivity contribution in [2.45, 2.75) is 44.8 Å². The van der Waals surface area contributed by atoms with Crippen molar-refractivity contribution in [3.63, 3.8) is 0 Å². The molecule has 2 heterocycles. The lowest BCUT2D eigenvalue weighted by atomic mass is 9.83. The third kappa shape index (κ3) is 3.18. The molecule has 2 atom stereocenters. The molecule has 5 nitrogen and oxygen atoms in total. The van der Waals surface area contributed by atoms with Gasteiger partial charge in [-0.3, -0.25) is 14.5 Å². The number of nitrogens with zero attached hydrogens (tertiary/aromatic N) is 2. The lowest BCUT2D eigenvalue weighted by Gasteiger charge is -2.40. The second-order valence-corrected chi connectivity index (χ2v) is 7.32. The van der Waals surface area contributed by atoms with Crippen LogP contribution in [0.4, 0.5) is 0 Å². The summed E-state index contributed by atoms with van der Waals surface area (Å²) in [7, 11) is 0. The number of esters is 1. The molecule has 2 fully saturated rings. The van der Waals surface area contributed by atoms with Gasteiger partial charge >= 0.3 is 5.97 Å². The number of rotatable bonds is 3. The number of carbonyl (C=O) groups is 2. The van der Waals surface area contributed by atoms with Gasteiger partial charge in [-0.05, 0) is 26.3 Å². The Bertz CT molecular complexity index is 606. The van der Waals surface area contributed by atoms with Crippen molar-refractivity contribution in [1.29, 1.82) is 0 Å². The van der Waals surface area contributed by atoms with Gasteiger partial charge in [-0.25, -0.2) is 0 Å². The molecule has 0 unspecified atom stereocenters. The van der Waals surface area contributed by atoms with Gasteiger partial charge in [-0.1, -0.05) is 30.3 Å². The van der Waals surface area contributed by atoms with Crippen LogP contribution in [0.1, 0.15) is 32.8 Å². The van der Waals surface area contributed by atoms with E-state index in [-0.39, 0.29) is 24.0 Å². The summed E-state index contributed by atoms with van der Waals surface area (Å²) in [6, 6.07) is 9.77. The van der Waals surface area contributed by atoms with Gasteiger partial charge in [-0.2, -0.15) is 0 Å². The Hall–Kier alpha value is -1.88. The highest BCUT2D eigenvalue weighted by atomic mass is 16.6. The highest BCUT2D eigenvalue weighted by Crippen LogP contribution is 2.27. The van der Waals surface area contributed by atoms with Crippen molar-refractivity contribution in [3.8, 4) is 0 Å². The lowest BCUT2D eigenvalue weighted by molar-refractivity contribution is -0.146. The Kier molecular flexibility index (Phi) is 4.63. The predicted octanol–water partition coefficient (Wildman–Crippen LogP) is 1.81. The zero-order valence-corrected chi connectivity index (χ0v) is 14.7. The van der Waals surface area contributed by atoms with Crippen LogP contribution in [0.5, 0.6) is 0 Å². The van der Waals surface area contributed by atoms with Crippen LogP contribution in [0.15, 0.2) is 30.3 Å². The molecule has 0 aliphatic carbocycles. The first kappa shape index (κ1) is 17.0. The average molecular weight is 330 g/mol. The SMILES string of the molecule is C[C@@H]1C[C@H](N2CCN(C(=O)C(C)(C)c3ccccc3)CC2)C(=O)O1. The fourth-order valence-electron chi connectivity index (χ4n) is 3.64. The molecule has 24 heavy (non-hydrogen) atoms. The number of hydrogen-bond acceptors (Lipinski definition) is 4. The largest absolute Gasteiger partial charge is 0.461 e. The Labute approximate surface area is 143 Å². The molecular formula is C19H26N2O3. The van der Waals surface area contributed by atoms with Crippen molar-refractivity contribution >= 4 is 11.9 Å². The van der Waals surface area contributed by atoms with Gasteiger partial charge < -0.3 is 9.64 Å². The standard InChI is InChI=1S/C19H26N2O3/c1-14-13-16(17(22)24-14)20-9-11-21(12-10-20)18(23)19(2,3)15-7-5-4-6-8-15/h4-8,14,16H,9-13H2,1-3H3/t14-,16+/m1/s1. The summed E-state index contributed by atoms with van der Waals surface area (Å²) >= 11 is 0. The monoisotopic (exact) mass is 330 g/mol. The molecule has 130 valence electrons. The van der Waals surface area contributed by atoms with Crippen molar-refractivity contribution in [1.82, 2.24) is 9.80 Å². The molecule has 1 amide bonds. The minimum atomic E-state index is -0.537. The van der Waals surface area contributed by atoms with Gasteiger partial charge in [0.2, 0.25) is 5.91 Å². The van der Waals surface area contributed by atoms with E-state index in [9.17, 15) is 9.59 Å². The van der Waals surface area contributed by atoms with Crippen LogP contribution in [0.2, 0.25) is 0 Å². The first-order valence-corrected chi connectivity index (χ1v) is 8.69. The van der Waals surface area contributed by atoms with Gasteiger partial charge in [0.25, 0.3) is 0 Å². The van der Waals surface area contributed by atoms with E-state index in [4.69, 9.17) is 4.74 Å². The first-order valence-electron chi connectivity index (χ1n) is 8.69. The Morgan fingerprint density at radius 1 is 1.12 bits per heavy atom. The predicted molar refractivity (Wildman–Crippen MR) is 91.6 cm³/mol. The lowest BCUT2D eigenvalue weighted by Crippen LogP contribution is -2.56. The van der Waals surface area contributed by atoms with Crippen LogP contribution in [-0.2, 0) is 19.7 Å². The van der Waals surface area contributed by atoms with Crippen LogP contribution < -0.4 is 0 Å². The quantitative estimate of drug-likeness (QED) is 0.793. The Morgan fingerprint density at radius 3 is 2.29 bits per heavy atom. The highest BCUT2D eigenvalue weighted by Gasteiger charge is 2.40. The fraction of sp³-hybridized carbons (Fsp3) is 0.579. The number of ether oxygens (including phenoxy) is 1. The van der Waals surface area contributed by atoms with E-state index in [2.05, 4.69) is 4.90 Å². The van der Waals surface area contributed by atoms with Crippen LogP contribution in [0, 0.1) is 0 Å². The molecule has 1 aromatic rings. The van der Waals surface area contributed by atoms with Crippen LogP contribution in [0.25, 0.3) is 0 Å². The summed E-state index contributed by atoms with van der Waals surface area (Å²) in [6.45, 7) is 8.66. The summed E-state index contributed by atoms with van der Waals surface area (Å²) in [6.07, 6.45) is 0.752. The van der Waals surface area contributed by atoms with Gasteiger partial charge in [-0.15, -0.1) is 0 Å². The second kappa shape index (κ2) is 6.55. The summed E-state index contributed by atoms with van der Waals surface area (Å²) in [5.41, 5.74) is 0.496. The molecule has 0 spiro atoms. The molecule has 0 saturated carbocycles. The minimum absolute atomic E-state index is 0.000763. The number of carbonyl (C=O) groups excluding carboxylic acids is 2. The molecule has 5 heteroatoms. The van der Waals surface area contributed by atoms with E-state index in [0.717, 1.165) is 25.1 Å². The van der Waals surface area contributed by atoms with Gasteiger partial charge in [0.1, 0.15) is 12.1 Å². The maximum absolute atomic E-state index is 13.0. The first-order chi connectivity index (χ1) is 11.4. The topological polar surface area (TPSA) is 49.9 Å². The third-order valence-electron chi connectivity index (χ3n) is 5.22. The van der Waals surface area contributed by atoms with Crippen LogP contribution >= 0.6 is 0 Å². The van der Waals surface area contributed by atoms with Gasteiger partial charge in [0, 0.05) is 32.6 Å². The molecule has 0 radical (unpaired) electrons. The van der Waals surface area contributed by atoms with Crippen LogP contribution in [0.3, 0.4) is 0 Å². The number of benzene rings is 1. The zero-order chi connectivity index (χ0) is 17.3. The summed E-state index contributed by atoms with van der Waals surface area (Å²) in [5, 5.41) is 0. The molecule has 2 saturated heterocycles. The fourth-order valence-corrected chi connectivity index (χ4v) is 3.64. The van der Waals surface area contributed by atoms with Crippen molar-refractivity contribution in [2.75, 3.05) is 26.2 Å². The van der Waals surface area contributed by atoms with E-state index >= 15 is 0 Å². The highest BCUT2D eigenvalue weighted by molar-refractivity contribution is 5.87.